The van der Waals surface area contributed by atoms with E-state index in [1.54, 1.807) is 12.1 Å². The van der Waals surface area contributed by atoms with Crippen LogP contribution in [-0.2, 0) is 11.2 Å². The number of carboxylic acids is 1. The van der Waals surface area contributed by atoms with Crippen molar-refractivity contribution in [3.63, 3.8) is 0 Å². The third kappa shape index (κ3) is 4.38. The fourth-order valence-electron chi connectivity index (χ4n) is 2.65. The molecule has 126 valence electrons. The van der Waals surface area contributed by atoms with Gasteiger partial charge in [0.2, 0.25) is 0 Å². The first-order chi connectivity index (χ1) is 12.1. The molecule has 1 unspecified atom stereocenters. The molecule has 0 heterocycles. The van der Waals surface area contributed by atoms with Gasteiger partial charge in [-0.1, -0.05) is 42.5 Å². The van der Waals surface area contributed by atoms with Crippen LogP contribution in [0.15, 0.2) is 78.9 Å². The Bertz CT molecular complexity index is 841. The number of ether oxygens (including phenoxy) is 1. The van der Waals surface area contributed by atoms with Gasteiger partial charge in [0, 0.05) is 0 Å². The van der Waals surface area contributed by atoms with Crippen molar-refractivity contribution < 1.29 is 19.7 Å². The Balaban J connectivity index is 1.79. The Morgan fingerprint density at radius 2 is 1.56 bits per heavy atom. The van der Waals surface area contributed by atoms with E-state index in [2.05, 4.69) is 0 Å². The Hall–Kier alpha value is -3.27. The van der Waals surface area contributed by atoms with Crippen LogP contribution < -0.4 is 4.74 Å². The molecule has 3 aromatic rings. The van der Waals surface area contributed by atoms with Crippen molar-refractivity contribution in [2.75, 3.05) is 0 Å². The van der Waals surface area contributed by atoms with Crippen molar-refractivity contribution in [2.45, 2.75) is 12.3 Å². The largest absolute Gasteiger partial charge is 0.508 e. The van der Waals surface area contributed by atoms with Crippen LogP contribution in [0.3, 0.4) is 0 Å². The average Bonchev–Trinajstić information content (AvgIpc) is 2.62. The maximum absolute atomic E-state index is 11.7. The van der Waals surface area contributed by atoms with Gasteiger partial charge in [0.15, 0.2) is 0 Å². The van der Waals surface area contributed by atoms with Crippen molar-refractivity contribution in [3.8, 4) is 17.2 Å². The van der Waals surface area contributed by atoms with Gasteiger partial charge in [-0.15, -0.1) is 0 Å². The van der Waals surface area contributed by atoms with Gasteiger partial charge in [0.25, 0.3) is 0 Å². The molecule has 4 heteroatoms. The third-order valence-electron chi connectivity index (χ3n) is 3.91. The fourth-order valence-corrected chi connectivity index (χ4v) is 2.65. The first-order valence-corrected chi connectivity index (χ1v) is 7.95. The van der Waals surface area contributed by atoms with E-state index in [9.17, 15) is 15.0 Å². The molecule has 0 aromatic heterocycles. The summed E-state index contributed by atoms with van der Waals surface area (Å²) in [5.74, 6) is -0.0784. The van der Waals surface area contributed by atoms with Gasteiger partial charge in [0.1, 0.15) is 17.2 Å². The van der Waals surface area contributed by atoms with E-state index in [1.807, 2.05) is 54.6 Å². The van der Waals surface area contributed by atoms with Crippen molar-refractivity contribution in [3.05, 3.63) is 90.0 Å². The smallest absolute Gasteiger partial charge is 0.311 e. The Morgan fingerprint density at radius 1 is 0.880 bits per heavy atom. The van der Waals surface area contributed by atoms with Crippen LogP contribution in [0.2, 0.25) is 0 Å². The number of aliphatic carboxylic acids is 1. The van der Waals surface area contributed by atoms with Gasteiger partial charge >= 0.3 is 5.97 Å². The molecule has 25 heavy (non-hydrogen) atoms. The van der Waals surface area contributed by atoms with Crippen LogP contribution in [0.5, 0.6) is 17.2 Å². The number of phenolic OH excluding ortho intramolecular Hbond substituents is 1. The SMILES string of the molecule is O=C(O)C(Cc1cccc(Oc2ccccc2)c1)c1ccc(O)cc1. The zero-order valence-corrected chi connectivity index (χ0v) is 13.5. The summed E-state index contributed by atoms with van der Waals surface area (Å²) in [7, 11) is 0. The third-order valence-corrected chi connectivity index (χ3v) is 3.91. The molecule has 0 radical (unpaired) electrons. The quantitative estimate of drug-likeness (QED) is 0.691. The molecule has 0 amide bonds. The van der Waals surface area contributed by atoms with Crippen molar-refractivity contribution in [1.29, 1.82) is 0 Å². The van der Waals surface area contributed by atoms with Crippen molar-refractivity contribution in [1.82, 2.24) is 0 Å². The fraction of sp³-hybridized carbons (Fsp3) is 0.0952. The molecular formula is C21H18O4. The summed E-state index contributed by atoms with van der Waals surface area (Å²) >= 11 is 0. The highest BCUT2D eigenvalue weighted by Crippen LogP contribution is 2.27. The second-order valence-electron chi connectivity index (χ2n) is 5.75. The Labute approximate surface area is 146 Å². The first-order valence-electron chi connectivity index (χ1n) is 7.95. The van der Waals surface area contributed by atoms with E-state index in [1.165, 1.54) is 12.1 Å². The molecule has 0 fully saturated rings. The lowest BCUT2D eigenvalue weighted by molar-refractivity contribution is -0.138. The summed E-state index contributed by atoms with van der Waals surface area (Å²) in [6, 6.07) is 23.1. The highest BCUT2D eigenvalue weighted by molar-refractivity contribution is 5.76. The average molecular weight is 334 g/mol. The van der Waals surface area contributed by atoms with Crippen LogP contribution in [0.4, 0.5) is 0 Å². The molecule has 4 nitrogen and oxygen atoms in total. The van der Waals surface area contributed by atoms with E-state index in [0.717, 1.165) is 11.3 Å². The number of carbonyl (C=O) groups is 1. The van der Waals surface area contributed by atoms with E-state index < -0.39 is 11.9 Å². The maximum atomic E-state index is 11.7. The second kappa shape index (κ2) is 7.53. The van der Waals surface area contributed by atoms with Crippen LogP contribution in [0, 0.1) is 0 Å². The minimum Gasteiger partial charge on any atom is -0.508 e. The number of hydrogen-bond donors (Lipinski definition) is 2. The molecule has 3 rings (SSSR count). The van der Waals surface area contributed by atoms with Crippen molar-refractivity contribution in [2.24, 2.45) is 0 Å². The molecule has 0 aliphatic heterocycles. The highest BCUT2D eigenvalue weighted by atomic mass is 16.5. The summed E-state index contributed by atoms with van der Waals surface area (Å²) in [5, 5.41) is 18.9. The van der Waals surface area contributed by atoms with Gasteiger partial charge in [-0.05, 0) is 53.9 Å². The molecule has 0 bridgehead atoms. The minimum absolute atomic E-state index is 0.117. The predicted molar refractivity (Wildman–Crippen MR) is 95.1 cm³/mol. The van der Waals surface area contributed by atoms with Crippen LogP contribution in [-0.4, -0.2) is 16.2 Å². The zero-order chi connectivity index (χ0) is 17.6. The summed E-state index contributed by atoms with van der Waals surface area (Å²) in [4.78, 5) is 11.7. The lowest BCUT2D eigenvalue weighted by atomic mass is 9.92. The van der Waals surface area contributed by atoms with Crippen LogP contribution >= 0.6 is 0 Å². The molecule has 3 aromatic carbocycles. The molecule has 0 saturated carbocycles. The number of benzene rings is 3. The molecule has 1 atom stereocenters. The first kappa shape index (κ1) is 16.6. The summed E-state index contributed by atoms with van der Waals surface area (Å²) in [6.45, 7) is 0. The normalized spacial score (nSPS) is 11.7. The van der Waals surface area contributed by atoms with Crippen LogP contribution in [0.1, 0.15) is 17.0 Å². The lowest BCUT2D eigenvalue weighted by Crippen LogP contribution is -2.14. The van der Waals surface area contributed by atoms with Crippen molar-refractivity contribution >= 4 is 5.97 Å². The number of aromatic hydroxyl groups is 1. The van der Waals surface area contributed by atoms with E-state index in [-0.39, 0.29) is 5.75 Å². The molecular weight excluding hydrogens is 316 g/mol. The van der Waals surface area contributed by atoms with Gasteiger partial charge in [-0.2, -0.15) is 0 Å². The summed E-state index contributed by atoms with van der Waals surface area (Å²) in [5.41, 5.74) is 1.52. The summed E-state index contributed by atoms with van der Waals surface area (Å²) in [6.07, 6.45) is 0.339. The zero-order valence-electron chi connectivity index (χ0n) is 13.5. The Morgan fingerprint density at radius 3 is 2.24 bits per heavy atom. The second-order valence-corrected chi connectivity index (χ2v) is 5.75. The van der Waals surface area contributed by atoms with Crippen LogP contribution in [0.25, 0.3) is 0 Å². The Kier molecular flexibility index (Phi) is 5.00. The topological polar surface area (TPSA) is 66.8 Å². The van der Waals surface area contributed by atoms with Gasteiger partial charge in [-0.3, -0.25) is 4.79 Å². The number of phenols is 1. The highest BCUT2D eigenvalue weighted by Gasteiger charge is 2.20. The number of rotatable bonds is 6. The number of para-hydroxylation sites is 1. The standard InChI is InChI=1S/C21H18O4/c22-17-11-9-16(10-12-17)20(21(23)24)14-15-5-4-8-19(13-15)25-18-6-2-1-3-7-18/h1-13,20,22H,14H2,(H,23,24). The molecule has 0 aliphatic carbocycles. The van der Waals surface area contributed by atoms with Gasteiger partial charge in [0.05, 0.1) is 5.92 Å². The van der Waals surface area contributed by atoms with E-state index >= 15 is 0 Å². The monoisotopic (exact) mass is 334 g/mol. The van der Waals surface area contributed by atoms with E-state index in [4.69, 9.17) is 4.74 Å². The minimum atomic E-state index is -0.903. The number of hydrogen-bond acceptors (Lipinski definition) is 3. The molecule has 2 N–H and O–H groups in total. The lowest BCUT2D eigenvalue weighted by Gasteiger charge is -2.14. The molecule has 0 spiro atoms. The number of carboxylic acid groups (broad SMARTS) is 1. The predicted octanol–water partition coefficient (Wildman–Crippen LogP) is 4.60. The molecule has 0 saturated heterocycles. The van der Waals surface area contributed by atoms with Gasteiger partial charge in [-0.25, -0.2) is 0 Å². The maximum Gasteiger partial charge on any atom is 0.311 e. The molecule has 0 aliphatic rings. The van der Waals surface area contributed by atoms with E-state index in [0.29, 0.717) is 17.7 Å². The van der Waals surface area contributed by atoms with Gasteiger partial charge < -0.3 is 14.9 Å². The summed E-state index contributed by atoms with van der Waals surface area (Å²) < 4.78 is 5.80.